The van der Waals surface area contributed by atoms with Gasteiger partial charge in [-0.1, -0.05) is 30.3 Å². The van der Waals surface area contributed by atoms with Crippen molar-refractivity contribution in [1.82, 2.24) is 4.90 Å². The molecule has 1 fully saturated rings. The summed E-state index contributed by atoms with van der Waals surface area (Å²) in [6.07, 6.45) is -0.563. The van der Waals surface area contributed by atoms with Gasteiger partial charge in [0, 0.05) is 44.0 Å². The third kappa shape index (κ3) is 4.17. The zero-order chi connectivity index (χ0) is 19.5. The Hall–Kier alpha value is -2.08. The average Bonchev–Trinajstić information content (AvgIpc) is 3.12. The molecule has 0 spiro atoms. The lowest BCUT2D eigenvalue weighted by atomic mass is 10.1. The number of hydrogen-bond donors (Lipinski definition) is 1. The largest absolute Gasteiger partial charge is 0.490 e. The van der Waals surface area contributed by atoms with Crippen LogP contribution in [0.5, 0.6) is 5.75 Å². The van der Waals surface area contributed by atoms with Crippen LogP contribution in [0.15, 0.2) is 42.5 Å². The molecular formula is C23H30N2O3. The lowest BCUT2D eigenvalue weighted by Crippen LogP contribution is -2.49. The van der Waals surface area contributed by atoms with Crippen LogP contribution >= 0.6 is 0 Å². The van der Waals surface area contributed by atoms with E-state index >= 15 is 0 Å². The number of aryl methyl sites for hydroxylation is 1. The maximum atomic E-state index is 10.5. The first kappa shape index (κ1) is 19.2. The fourth-order valence-electron chi connectivity index (χ4n) is 4.10. The number of hydrogen-bond acceptors (Lipinski definition) is 5. The van der Waals surface area contributed by atoms with Gasteiger partial charge in [0.2, 0.25) is 0 Å². The Morgan fingerprint density at radius 3 is 2.68 bits per heavy atom. The summed E-state index contributed by atoms with van der Waals surface area (Å²) >= 11 is 0. The van der Waals surface area contributed by atoms with E-state index in [9.17, 15) is 5.11 Å². The number of anilines is 1. The highest BCUT2D eigenvalue weighted by atomic mass is 16.5. The van der Waals surface area contributed by atoms with Crippen molar-refractivity contribution in [3.63, 3.8) is 0 Å². The van der Waals surface area contributed by atoms with E-state index in [1.54, 1.807) is 0 Å². The van der Waals surface area contributed by atoms with Crippen LogP contribution in [0.2, 0.25) is 0 Å². The smallest absolute Gasteiger partial charge is 0.125 e. The SMILES string of the molecule is Cc1cccc(N2CCN(CC(O)COC3COc4ccccc43)CC2)c1C. The third-order valence-electron chi connectivity index (χ3n) is 5.90. The maximum Gasteiger partial charge on any atom is 0.125 e. The normalized spacial score (nSPS) is 20.7. The fourth-order valence-corrected chi connectivity index (χ4v) is 4.10. The van der Waals surface area contributed by atoms with Crippen molar-refractivity contribution in [2.24, 2.45) is 0 Å². The molecule has 28 heavy (non-hydrogen) atoms. The molecule has 0 bridgehead atoms. The molecule has 2 heterocycles. The summed E-state index contributed by atoms with van der Waals surface area (Å²) in [7, 11) is 0. The third-order valence-corrected chi connectivity index (χ3v) is 5.90. The van der Waals surface area contributed by atoms with Crippen LogP contribution in [0.1, 0.15) is 22.8 Å². The van der Waals surface area contributed by atoms with Crippen LogP contribution in [-0.4, -0.2) is 62.0 Å². The Morgan fingerprint density at radius 2 is 1.86 bits per heavy atom. The summed E-state index contributed by atoms with van der Waals surface area (Å²) in [5, 5.41) is 10.5. The van der Waals surface area contributed by atoms with E-state index in [2.05, 4.69) is 41.8 Å². The van der Waals surface area contributed by atoms with Crippen LogP contribution in [-0.2, 0) is 4.74 Å². The van der Waals surface area contributed by atoms with Crippen molar-refractivity contribution in [1.29, 1.82) is 0 Å². The number of ether oxygens (including phenoxy) is 2. The number of nitrogens with zero attached hydrogens (tertiary/aromatic N) is 2. The second kappa shape index (κ2) is 8.52. The number of rotatable bonds is 6. The van der Waals surface area contributed by atoms with E-state index in [0.717, 1.165) is 37.5 Å². The average molecular weight is 383 g/mol. The van der Waals surface area contributed by atoms with E-state index in [-0.39, 0.29) is 6.10 Å². The monoisotopic (exact) mass is 382 g/mol. The Balaban J connectivity index is 1.23. The standard InChI is InChI=1S/C23H30N2O3/c1-17-6-5-8-21(18(17)2)25-12-10-24(11-13-25)14-19(26)15-27-23-16-28-22-9-4-3-7-20(22)23/h3-9,19,23,26H,10-16H2,1-2H3. The van der Waals surface area contributed by atoms with Crippen molar-refractivity contribution >= 4 is 5.69 Å². The lowest BCUT2D eigenvalue weighted by Gasteiger charge is -2.37. The molecule has 2 aliphatic rings. The highest BCUT2D eigenvalue weighted by Gasteiger charge is 2.26. The second-order valence-corrected chi connectivity index (χ2v) is 7.83. The predicted molar refractivity (Wildman–Crippen MR) is 111 cm³/mol. The highest BCUT2D eigenvalue weighted by Crippen LogP contribution is 2.34. The van der Waals surface area contributed by atoms with Gasteiger partial charge in [-0.25, -0.2) is 0 Å². The molecular weight excluding hydrogens is 352 g/mol. The molecule has 1 N–H and O–H groups in total. The topological polar surface area (TPSA) is 45.2 Å². The minimum Gasteiger partial charge on any atom is -0.490 e. The number of para-hydroxylation sites is 1. The van der Waals surface area contributed by atoms with E-state index in [1.807, 2.05) is 24.3 Å². The molecule has 1 saturated heterocycles. The molecule has 0 aromatic heterocycles. The van der Waals surface area contributed by atoms with Gasteiger partial charge >= 0.3 is 0 Å². The van der Waals surface area contributed by atoms with Gasteiger partial charge in [-0.3, -0.25) is 4.90 Å². The van der Waals surface area contributed by atoms with Gasteiger partial charge in [0.1, 0.15) is 18.5 Å². The molecule has 0 radical (unpaired) electrons. The van der Waals surface area contributed by atoms with Gasteiger partial charge < -0.3 is 19.5 Å². The molecule has 4 rings (SSSR count). The van der Waals surface area contributed by atoms with Gasteiger partial charge in [-0.15, -0.1) is 0 Å². The summed E-state index contributed by atoms with van der Waals surface area (Å²) in [6, 6.07) is 14.5. The summed E-state index contributed by atoms with van der Waals surface area (Å²) in [6.45, 7) is 9.77. The molecule has 150 valence electrons. The number of aliphatic hydroxyl groups is 1. The Morgan fingerprint density at radius 1 is 1.07 bits per heavy atom. The van der Waals surface area contributed by atoms with Crippen LogP contribution in [0.4, 0.5) is 5.69 Å². The first-order chi connectivity index (χ1) is 13.6. The quantitative estimate of drug-likeness (QED) is 0.832. The zero-order valence-corrected chi connectivity index (χ0v) is 16.8. The summed E-state index contributed by atoms with van der Waals surface area (Å²) in [5.41, 5.74) is 5.12. The minimum atomic E-state index is -0.486. The number of aliphatic hydroxyl groups excluding tert-OH is 1. The van der Waals surface area contributed by atoms with Crippen molar-refractivity contribution in [2.75, 3.05) is 50.8 Å². The van der Waals surface area contributed by atoms with Crippen LogP contribution in [0.25, 0.3) is 0 Å². The van der Waals surface area contributed by atoms with Crippen molar-refractivity contribution < 1.29 is 14.6 Å². The van der Waals surface area contributed by atoms with Crippen molar-refractivity contribution in [3.05, 3.63) is 59.2 Å². The van der Waals surface area contributed by atoms with Gasteiger partial charge in [0.25, 0.3) is 0 Å². The zero-order valence-electron chi connectivity index (χ0n) is 16.8. The van der Waals surface area contributed by atoms with Gasteiger partial charge in [-0.2, -0.15) is 0 Å². The summed E-state index contributed by atoms with van der Waals surface area (Å²) in [4.78, 5) is 4.78. The fraction of sp³-hybridized carbons (Fsp3) is 0.478. The Kier molecular flexibility index (Phi) is 5.85. The first-order valence-corrected chi connectivity index (χ1v) is 10.2. The maximum absolute atomic E-state index is 10.5. The van der Waals surface area contributed by atoms with Gasteiger partial charge in [0.05, 0.1) is 12.7 Å². The van der Waals surface area contributed by atoms with Crippen LogP contribution < -0.4 is 9.64 Å². The van der Waals surface area contributed by atoms with E-state index in [1.165, 1.54) is 16.8 Å². The molecule has 2 aliphatic heterocycles. The van der Waals surface area contributed by atoms with Gasteiger partial charge in [0.15, 0.2) is 0 Å². The Labute approximate surface area is 167 Å². The molecule has 0 aliphatic carbocycles. The minimum absolute atomic E-state index is 0.0769. The van der Waals surface area contributed by atoms with E-state index in [0.29, 0.717) is 19.8 Å². The molecule has 2 aromatic carbocycles. The van der Waals surface area contributed by atoms with Crippen molar-refractivity contribution in [3.8, 4) is 5.75 Å². The van der Waals surface area contributed by atoms with Crippen LogP contribution in [0, 0.1) is 13.8 Å². The summed E-state index contributed by atoms with van der Waals surface area (Å²) in [5.74, 6) is 0.893. The molecule has 2 atom stereocenters. The van der Waals surface area contributed by atoms with E-state index in [4.69, 9.17) is 9.47 Å². The number of piperazine rings is 1. The Bertz CT molecular complexity index is 802. The summed E-state index contributed by atoms with van der Waals surface area (Å²) < 4.78 is 11.6. The van der Waals surface area contributed by atoms with Crippen molar-refractivity contribution in [2.45, 2.75) is 26.1 Å². The lowest BCUT2D eigenvalue weighted by molar-refractivity contribution is -0.0282. The molecule has 5 nitrogen and oxygen atoms in total. The first-order valence-electron chi connectivity index (χ1n) is 10.2. The molecule has 0 amide bonds. The molecule has 0 saturated carbocycles. The van der Waals surface area contributed by atoms with E-state index < -0.39 is 6.10 Å². The number of β-amino-alcohol motifs (C(OH)–C–C–N with tert-alkyl or cyclic N) is 1. The molecule has 2 unspecified atom stereocenters. The van der Waals surface area contributed by atoms with Crippen LogP contribution in [0.3, 0.4) is 0 Å². The molecule has 5 heteroatoms. The number of benzene rings is 2. The predicted octanol–water partition coefficient (Wildman–Crippen LogP) is 2.94. The molecule has 2 aromatic rings. The second-order valence-electron chi connectivity index (χ2n) is 7.83. The number of fused-ring (bicyclic) bond motifs is 1. The van der Waals surface area contributed by atoms with Gasteiger partial charge in [-0.05, 0) is 37.1 Å². The highest BCUT2D eigenvalue weighted by molar-refractivity contribution is 5.56.